The average Bonchev–Trinajstić information content (AvgIpc) is 3.53. The Hall–Kier alpha value is -3.66. The van der Waals surface area contributed by atoms with Crippen LogP contribution < -0.4 is 14.2 Å². The molecule has 0 spiro atoms. The van der Waals surface area contributed by atoms with Crippen LogP contribution in [0.4, 0.5) is 0 Å². The molecule has 1 amide bonds. The van der Waals surface area contributed by atoms with Gasteiger partial charge in [0.1, 0.15) is 6.04 Å². The van der Waals surface area contributed by atoms with Crippen molar-refractivity contribution in [3.63, 3.8) is 0 Å². The molecule has 0 unspecified atom stereocenters. The minimum absolute atomic E-state index is 0.00948. The van der Waals surface area contributed by atoms with E-state index in [2.05, 4.69) is 20.4 Å². The van der Waals surface area contributed by atoms with Gasteiger partial charge in [-0.05, 0) is 73.6 Å². The third kappa shape index (κ3) is 3.54. The number of rotatable bonds is 6. The molecule has 3 heterocycles. The number of fused-ring (bicyclic) bond motifs is 2. The van der Waals surface area contributed by atoms with Crippen LogP contribution in [0.15, 0.2) is 30.3 Å². The maximum atomic E-state index is 12.7. The highest BCUT2D eigenvalue weighted by atomic mass is 16.7. The van der Waals surface area contributed by atoms with E-state index < -0.39 is 0 Å². The fourth-order valence-electron chi connectivity index (χ4n) is 4.75. The van der Waals surface area contributed by atoms with E-state index in [-0.39, 0.29) is 18.7 Å². The maximum Gasteiger partial charge on any atom is 0.253 e. The summed E-state index contributed by atoms with van der Waals surface area (Å²) in [6, 6.07) is 9.16. The van der Waals surface area contributed by atoms with Gasteiger partial charge in [0.2, 0.25) is 12.5 Å². The van der Waals surface area contributed by atoms with Crippen LogP contribution in [-0.4, -0.2) is 76.5 Å². The topological polar surface area (TPSA) is 94.8 Å². The SMILES string of the molecule is CCN(CC)C(=O)c1ccc(-n2nnnc2[C@H]2c3c(cc4c(c3OC)OCO4)CCN2C)cc1. The first-order valence-electron chi connectivity index (χ1n) is 11.4. The first kappa shape index (κ1) is 22.1. The predicted molar refractivity (Wildman–Crippen MR) is 124 cm³/mol. The lowest BCUT2D eigenvalue weighted by Crippen LogP contribution is -2.35. The lowest BCUT2D eigenvalue weighted by Gasteiger charge is -2.34. The normalized spacial score (nSPS) is 16.9. The van der Waals surface area contributed by atoms with E-state index in [9.17, 15) is 4.79 Å². The Morgan fingerprint density at radius 3 is 2.68 bits per heavy atom. The summed E-state index contributed by atoms with van der Waals surface area (Å²) in [6.07, 6.45) is 0.846. The summed E-state index contributed by atoms with van der Waals surface area (Å²) >= 11 is 0. The van der Waals surface area contributed by atoms with Crippen LogP contribution >= 0.6 is 0 Å². The van der Waals surface area contributed by atoms with Crippen molar-refractivity contribution in [2.24, 2.45) is 0 Å². The second-order valence-electron chi connectivity index (χ2n) is 8.32. The van der Waals surface area contributed by atoms with Crippen molar-refractivity contribution in [3.05, 3.63) is 52.8 Å². The number of hydrogen-bond donors (Lipinski definition) is 0. The number of ether oxygens (including phenoxy) is 3. The van der Waals surface area contributed by atoms with Crippen molar-refractivity contribution in [1.82, 2.24) is 30.0 Å². The van der Waals surface area contributed by atoms with Gasteiger partial charge in [-0.2, -0.15) is 4.68 Å². The molecule has 1 aromatic heterocycles. The van der Waals surface area contributed by atoms with Gasteiger partial charge in [-0.15, -0.1) is 5.10 Å². The van der Waals surface area contributed by atoms with Crippen LogP contribution in [-0.2, 0) is 6.42 Å². The lowest BCUT2D eigenvalue weighted by molar-refractivity contribution is 0.0773. The third-order valence-electron chi connectivity index (χ3n) is 6.54. The molecule has 3 aromatic rings. The molecule has 0 fully saturated rings. The molecule has 34 heavy (non-hydrogen) atoms. The molecule has 5 rings (SSSR count). The summed E-state index contributed by atoms with van der Waals surface area (Å²) in [6.45, 7) is 6.28. The summed E-state index contributed by atoms with van der Waals surface area (Å²) in [5, 5.41) is 12.7. The highest BCUT2D eigenvalue weighted by Gasteiger charge is 2.37. The van der Waals surface area contributed by atoms with Gasteiger partial charge in [-0.1, -0.05) is 0 Å². The van der Waals surface area contributed by atoms with Gasteiger partial charge in [0.25, 0.3) is 5.91 Å². The fourth-order valence-corrected chi connectivity index (χ4v) is 4.75. The fraction of sp³-hybridized carbons (Fsp3) is 0.417. The van der Waals surface area contributed by atoms with Crippen molar-refractivity contribution in [1.29, 1.82) is 0 Å². The number of tetrazole rings is 1. The van der Waals surface area contributed by atoms with Crippen LogP contribution in [0.1, 0.15) is 47.2 Å². The Balaban J connectivity index is 1.55. The van der Waals surface area contributed by atoms with Gasteiger partial charge in [0, 0.05) is 30.8 Å². The number of aromatic nitrogens is 4. The minimum Gasteiger partial charge on any atom is -0.492 e. The smallest absolute Gasteiger partial charge is 0.253 e. The number of nitrogens with zero attached hydrogens (tertiary/aromatic N) is 6. The molecule has 2 aliphatic heterocycles. The van der Waals surface area contributed by atoms with Gasteiger partial charge >= 0.3 is 0 Å². The van der Waals surface area contributed by atoms with Crippen LogP contribution in [0, 0.1) is 0 Å². The predicted octanol–water partition coefficient (Wildman–Crippen LogP) is 2.46. The molecule has 2 aromatic carbocycles. The molecule has 0 N–H and O–H groups in total. The third-order valence-corrected chi connectivity index (χ3v) is 6.54. The second-order valence-corrected chi connectivity index (χ2v) is 8.32. The molecular formula is C24H28N6O4. The Morgan fingerprint density at radius 2 is 1.97 bits per heavy atom. The first-order valence-corrected chi connectivity index (χ1v) is 11.4. The highest BCUT2D eigenvalue weighted by Crippen LogP contribution is 2.50. The molecule has 0 aliphatic carbocycles. The number of likely N-dealkylation sites (N-methyl/N-ethyl adjacent to an activating group) is 1. The number of carbonyl (C=O) groups is 1. The maximum absolute atomic E-state index is 12.7. The van der Waals surface area contributed by atoms with Crippen LogP contribution in [0.2, 0.25) is 0 Å². The standard InChI is InChI=1S/C24H28N6O4/c1-5-29(6-2)24(31)15-7-9-17(10-8-15)30-23(25-26-27-30)20-19-16(11-12-28(20)3)13-18-21(22(19)32-4)34-14-33-18/h7-10,13,20H,5-6,11-12,14H2,1-4H3/t20-/m1/s1. The second kappa shape index (κ2) is 8.94. The van der Waals surface area contributed by atoms with Gasteiger partial charge in [-0.3, -0.25) is 9.69 Å². The van der Waals surface area contributed by atoms with Gasteiger partial charge in [0.15, 0.2) is 17.3 Å². The van der Waals surface area contributed by atoms with E-state index in [0.29, 0.717) is 41.7 Å². The Bertz CT molecular complexity index is 1200. The average molecular weight is 465 g/mol. The van der Waals surface area contributed by atoms with E-state index >= 15 is 0 Å². The molecule has 0 saturated heterocycles. The molecule has 0 radical (unpaired) electrons. The van der Waals surface area contributed by atoms with Crippen LogP contribution in [0.5, 0.6) is 17.2 Å². The molecule has 0 bridgehead atoms. The number of benzene rings is 2. The number of carbonyl (C=O) groups excluding carboxylic acids is 1. The molecule has 0 saturated carbocycles. The quantitative estimate of drug-likeness (QED) is 0.549. The summed E-state index contributed by atoms with van der Waals surface area (Å²) in [4.78, 5) is 16.7. The van der Waals surface area contributed by atoms with Crippen molar-refractivity contribution in [2.75, 3.05) is 40.6 Å². The number of methoxy groups -OCH3 is 1. The largest absolute Gasteiger partial charge is 0.492 e. The van der Waals surface area contributed by atoms with Gasteiger partial charge in [0.05, 0.1) is 12.8 Å². The zero-order valence-electron chi connectivity index (χ0n) is 19.8. The highest BCUT2D eigenvalue weighted by molar-refractivity contribution is 5.94. The van der Waals surface area contributed by atoms with E-state index in [1.807, 2.05) is 51.2 Å². The lowest BCUT2D eigenvalue weighted by atomic mass is 9.90. The Labute approximate surface area is 198 Å². The molecule has 10 nitrogen and oxygen atoms in total. The zero-order chi connectivity index (χ0) is 23.8. The molecule has 1 atom stereocenters. The summed E-state index contributed by atoms with van der Waals surface area (Å²) < 4.78 is 18.9. The van der Waals surface area contributed by atoms with Crippen LogP contribution in [0.3, 0.4) is 0 Å². The van der Waals surface area contributed by atoms with E-state index in [1.165, 1.54) is 0 Å². The summed E-state index contributed by atoms with van der Waals surface area (Å²) in [7, 11) is 3.68. The first-order chi connectivity index (χ1) is 16.6. The van der Waals surface area contributed by atoms with Gasteiger partial charge in [-0.25, -0.2) is 0 Å². The summed E-state index contributed by atoms with van der Waals surface area (Å²) in [5.74, 6) is 2.63. The van der Waals surface area contributed by atoms with E-state index in [1.54, 1.807) is 16.7 Å². The molecular weight excluding hydrogens is 436 g/mol. The number of hydrogen-bond acceptors (Lipinski definition) is 8. The zero-order valence-corrected chi connectivity index (χ0v) is 19.8. The molecule has 2 aliphatic rings. The van der Waals surface area contributed by atoms with Gasteiger partial charge < -0.3 is 19.1 Å². The van der Waals surface area contributed by atoms with Crippen molar-refractivity contribution >= 4 is 5.91 Å². The Morgan fingerprint density at radius 1 is 1.21 bits per heavy atom. The molecule has 10 heteroatoms. The van der Waals surface area contributed by atoms with Crippen molar-refractivity contribution in [3.8, 4) is 22.9 Å². The number of amides is 1. The van der Waals surface area contributed by atoms with Crippen molar-refractivity contribution < 1.29 is 19.0 Å². The van der Waals surface area contributed by atoms with Crippen LogP contribution in [0.25, 0.3) is 5.69 Å². The van der Waals surface area contributed by atoms with Crippen molar-refractivity contribution in [2.45, 2.75) is 26.3 Å². The summed E-state index contributed by atoms with van der Waals surface area (Å²) in [5.41, 5.74) is 3.51. The van der Waals surface area contributed by atoms with E-state index in [0.717, 1.165) is 29.8 Å². The molecule has 178 valence electrons. The Kier molecular flexibility index (Phi) is 5.82. The minimum atomic E-state index is -0.250. The monoisotopic (exact) mass is 464 g/mol. The van der Waals surface area contributed by atoms with E-state index in [4.69, 9.17) is 14.2 Å².